The third kappa shape index (κ3) is 1.78. The van der Waals surface area contributed by atoms with Crippen molar-refractivity contribution >= 4 is 11.6 Å². The van der Waals surface area contributed by atoms with Gasteiger partial charge in [-0.2, -0.15) is 0 Å². The van der Waals surface area contributed by atoms with Crippen LogP contribution in [0.1, 0.15) is 59.8 Å². The molecule has 4 aliphatic carbocycles. The normalized spacial score (nSPS) is 50.9. The zero-order chi connectivity index (χ0) is 17.4. The van der Waals surface area contributed by atoms with Crippen LogP contribution in [0.15, 0.2) is 23.8 Å². The van der Waals surface area contributed by atoms with E-state index in [9.17, 15) is 9.59 Å². The third-order valence-corrected chi connectivity index (χ3v) is 8.70. The van der Waals surface area contributed by atoms with Gasteiger partial charge >= 0.3 is 0 Å². The van der Waals surface area contributed by atoms with Gasteiger partial charge in [-0.1, -0.05) is 34.3 Å². The standard InChI is InChI=1S/C22H30O2/c1-12-10-15(23)11-18-13(2)14(3)20-16-6-7-19(24)21(16,4)9-8-17(20)22(12,18)5/h11-12,14,16-17,20H,2,6-10H2,1,3-5H3/t12-,14?,16-,17-,20-,21-,22+/m0/s1. The average molecular weight is 326 g/mol. The zero-order valence-corrected chi connectivity index (χ0v) is 15.5. The van der Waals surface area contributed by atoms with Gasteiger partial charge in [-0.05, 0) is 71.5 Å². The van der Waals surface area contributed by atoms with Crippen LogP contribution in [0.2, 0.25) is 0 Å². The number of hydrogen-bond acceptors (Lipinski definition) is 2. The molecular formula is C22H30O2. The van der Waals surface area contributed by atoms with Crippen LogP contribution in [0, 0.1) is 40.4 Å². The highest BCUT2D eigenvalue weighted by Gasteiger charge is 2.62. The third-order valence-electron chi connectivity index (χ3n) is 8.70. The van der Waals surface area contributed by atoms with Crippen molar-refractivity contribution in [1.29, 1.82) is 0 Å². The van der Waals surface area contributed by atoms with Gasteiger partial charge in [0.15, 0.2) is 5.78 Å². The summed E-state index contributed by atoms with van der Waals surface area (Å²) in [5.74, 6) is 3.11. The lowest BCUT2D eigenvalue weighted by Crippen LogP contribution is -2.56. The number of carbonyl (C=O) groups is 2. The molecule has 24 heavy (non-hydrogen) atoms. The summed E-state index contributed by atoms with van der Waals surface area (Å²) in [6, 6.07) is 0. The highest BCUT2D eigenvalue weighted by molar-refractivity contribution is 5.93. The Hall–Kier alpha value is -1.18. The van der Waals surface area contributed by atoms with Gasteiger partial charge in [0, 0.05) is 18.3 Å². The second kappa shape index (κ2) is 4.93. The SMILES string of the molecule is C=C1C2=CC(=O)C[C@H](C)[C@]2(C)[C@H]2CC[C@]3(C)C(=O)CC[C@H]3[C@@H]2C1C. The lowest BCUT2D eigenvalue weighted by atomic mass is 9.42. The Kier molecular flexibility index (Phi) is 3.34. The Morgan fingerprint density at radius 1 is 1.12 bits per heavy atom. The summed E-state index contributed by atoms with van der Waals surface area (Å²) >= 11 is 0. The van der Waals surface area contributed by atoms with E-state index in [1.807, 2.05) is 6.08 Å². The molecule has 2 heteroatoms. The minimum atomic E-state index is -0.110. The van der Waals surface area contributed by atoms with E-state index >= 15 is 0 Å². The summed E-state index contributed by atoms with van der Waals surface area (Å²) in [6.07, 6.45) is 6.52. The van der Waals surface area contributed by atoms with Crippen LogP contribution < -0.4 is 0 Å². The number of rotatable bonds is 0. The first-order valence-corrected chi connectivity index (χ1v) is 9.68. The minimum absolute atomic E-state index is 0.0507. The van der Waals surface area contributed by atoms with E-state index in [4.69, 9.17) is 0 Å². The molecule has 0 heterocycles. The van der Waals surface area contributed by atoms with Crippen LogP contribution in [0.4, 0.5) is 0 Å². The van der Waals surface area contributed by atoms with E-state index in [1.54, 1.807) is 0 Å². The summed E-state index contributed by atoms with van der Waals surface area (Å²) in [6.45, 7) is 13.6. The maximum Gasteiger partial charge on any atom is 0.156 e. The number of fused-ring (bicyclic) bond motifs is 5. The molecule has 0 amide bonds. The molecule has 0 radical (unpaired) electrons. The second-order valence-corrected chi connectivity index (χ2v) is 9.43. The summed E-state index contributed by atoms with van der Waals surface area (Å²) in [5, 5.41) is 0. The van der Waals surface area contributed by atoms with Crippen molar-refractivity contribution < 1.29 is 9.59 Å². The summed E-state index contributed by atoms with van der Waals surface area (Å²) in [7, 11) is 0. The van der Waals surface area contributed by atoms with Crippen molar-refractivity contribution in [2.45, 2.75) is 59.8 Å². The highest BCUT2D eigenvalue weighted by Crippen LogP contribution is 2.67. The smallest absolute Gasteiger partial charge is 0.156 e. The molecule has 1 unspecified atom stereocenters. The van der Waals surface area contributed by atoms with Gasteiger partial charge in [0.25, 0.3) is 0 Å². The van der Waals surface area contributed by atoms with Crippen LogP contribution in [-0.2, 0) is 9.59 Å². The molecule has 0 aromatic heterocycles. The molecule has 0 aromatic carbocycles. The van der Waals surface area contributed by atoms with E-state index < -0.39 is 0 Å². The first kappa shape index (κ1) is 16.3. The van der Waals surface area contributed by atoms with E-state index in [-0.39, 0.29) is 16.6 Å². The van der Waals surface area contributed by atoms with Crippen molar-refractivity contribution in [3.63, 3.8) is 0 Å². The second-order valence-electron chi connectivity index (χ2n) is 9.43. The average Bonchev–Trinajstić information content (AvgIpc) is 2.83. The maximum atomic E-state index is 12.6. The summed E-state index contributed by atoms with van der Waals surface area (Å²) < 4.78 is 0. The number of Topliss-reactive ketones (excluding diaryl/α,β-unsaturated/α-hetero) is 1. The molecule has 0 aliphatic heterocycles. The van der Waals surface area contributed by atoms with Crippen LogP contribution in [0.5, 0.6) is 0 Å². The number of ketones is 2. The van der Waals surface area contributed by atoms with Crippen LogP contribution in [-0.4, -0.2) is 11.6 Å². The Bertz CT molecular complexity index is 671. The molecule has 0 bridgehead atoms. The lowest BCUT2D eigenvalue weighted by Gasteiger charge is -2.61. The Morgan fingerprint density at radius 3 is 2.54 bits per heavy atom. The molecular weight excluding hydrogens is 296 g/mol. The molecule has 0 N–H and O–H groups in total. The van der Waals surface area contributed by atoms with Gasteiger partial charge < -0.3 is 0 Å². The Balaban J connectivity index is 1.84. The van der Waals surface area contributed by atoms with Gasteiger partial charge in [-0.25, -0.2) is 0 Å². The maximum absolute atomic E-state index is 12.6. The predicted octanol–water partition coefficient (Wildman–Crippen LogP) is 4.75. The van der Waals surface area contributed by atoms with Crippen LogP contribution >= 0.6 is 0 Å². The molecule has 0 saturated heterocycles. The van der Waals surface area contributed by atoms with Crippen LogP contribution in [0.25, 0.3) is 0 Å². The minimum Gasteiger partial charge on any atom is -0.299 e. The highest BCUT2D eigenvalue weighted by atomic mass is 16.1. The number of hydrogen-bond donors (Lipinski definition) is 0. The van der Waals surface area contributed by atoms with Crippen molar-refractivity contribution in [3.8, 4) is 0 Å². The van der Waals surface area contributed by atoms with E-state index in [2.05, 4.69) is 34.3 Å². The fourth-order valence-corrected chi connectivity index (χ4v) is 7.00. The van der Waals surface area contributed by atoms with Crippen molar-refractivity contribution in [1.82, 2.24) is 0 Å². The summed E-state index contributed by atoms with van der Waals surface area (Å²) in [4.78, 5) is 24.8. The van der Waals surface area contributed by atoms with Gasteiger partial charge in [0.2, 0.25) is 0 Å². The molecule has 130 valence electrons. The van der Waals surface area contributed by atoms with Gasteiger partial charge in [0.05, 0.1) is 0 Å². The van der Waals surface area contributed by atoms with Crippen molar-refractivity contribution in [3.05, 3.63) is 23.8 Å². The fraction of sp³-hybridized carbons (Fsp3) is 0.727. The molecule has 7 atom stereocenters. The first-order chi connectivity index (χ1) is 11.2. The zero-order valence-electron chi connectivity index (χ0n) is 15.5. The van der Waals surface area contributed by atoms with Gasteiger partial charge in [-0.3, -0.25) is 9.59 Å². The lowest BCUT2D eigenvalue weighted by molar-refractivity contribution is -0.134. The van der Waals surface area contributed by atoms with Crippen molar-refractivity contribution in [2.24, 2.45) is 40.4 Å². The Morgan fingerprint density at radius 2 is 1.83 bits per heavy atom. The van der Waals surface area contributed by atoms with E-state index in [0.29, 0.717) is 41.8 Å². The molecule has 0 aromatic rings. The molecule has 3 saturated carbocycles. The van der Waals surface area contributed by atoms with Crippen molar-refractivity contribution in [2.75, 3.05) is 0 Å². The van der Waals surface area contributed by atoms with Crippen LogP contribution in [0.3, 0.4) is 0 Å². The fourth-order valence-electron chi connectivity index (χ4n) is 7.00. The van der Waals surface area contributed by atoms with Gasteiger partial charge in [0.1, 0.15) is 5.78 Å². The first-order valence-electron chi connectivity index (χ1n) is 9.68. The quantitative estimate of drug-likeness (QED) is 0.644. The summed E-state index contributed by atoms with van der Waals surface area (Å²) in [5.41, 5.74) is 2.34. The van der Waals surface area contributed by atoms with E-state index in [1.165, 1.54) is 11.1 Å². The molecule has 4 aliphatic rings. The number of carbonyl (C=O) groups excluding carboxylic acids is 2. The number of allylic oxidation sites excluding steroid dienone is 2. The molecule has 2 nitrogen and oxygen atoms in total. The Labute approximate surface area is 145 Å². The monoisotopic (exact) mass is 326 g/mol. The van der Waals surface area contributed by atoms with E-state index in [0.717, 1.165) is 25.7 Å². The molecule has 4 rings (SSSR count). The molecule has 3 fully saturated rings. The topological polar surface area (TPSA) is 34.1 Å². The predicted molar refractivity (Wildman–Crippen MR) is 95.3 cm³/mol. The molecule has 0 spiro atoms. The van der Waals surface area contributed by atoms with Gasteiger partial charge in [-0.15, -0.1) is 0 Å². The largest absolute Gasteiger partial charge is 0.299 e.